The number of alkyl halides is 3. The Kier molecular flexibility index (Phi) is 5.37. The third kappa shape index (κ3) is 3.95. The van der Waals surface area contributed by atoms with Gasteiger partial charge in [0.05, 0.1) is 0 Å². The molecule has 0 radical (unpaired) electrons. The summed E-state index contributed by atoms with van der Waals surface area (Å²) in [5, 5.41) is 0. The Morgan fingerprint density at radius 1 is 1.24 bits per heavy atom. The second-order valence-corrected chi connectivity index (χ2v) is 8.27. The summed E-state index contributed by atoms with van der Waals surface area (Å²) in [5.74, 6) is -4.39. The van der Waals surface area contributed by atoms with Crippen LogP contribution in [0.2, 0.25) is 0 Å². The van der Waals surface area contributed by atoms with Crippen LogP contribution >= 0.6 is 0 Å². The van der Waals surface area contributed by atoms with Gasteiger partial charge in [0.1, 0.15) is 17.2 Å². The summed E-state index contributed by atoms with van der Waals surface area (Å²) in [5.41, 5.74) is -7.03. The van der Waals surface area contributed by atoms with Crippen molar-refractivity contribution in [2.45, 2.75) is 37.3 Å². The Morgan fingerprint density at radius 2 is 1.93 bits per heavy atom. The zero-order chi connectivity index (χ0) is 21.6. The van der Waals surface area contributed by atoms with E-state index in [1.807, 2.05) is 0 Å². The van der Waals surface area contributed by atoms with Crippen LogP contribution in [-0.4, -0.2) is 32.1 Å². The molecule has 1 aromatic carbocycles. The fraction of sp³-hybridized carbons (Fsp3) is 0.471. The van der Waals surface area contributed by atoms with Gasteiger partial charge in [0.25, 0.3) is 0 Å². The van der Waals surface area contributed by atoms with Crippen LogP contribution in [0.25, 0.3) is 0 Å². The van der Waals surface area contributed by atoms with Gasteiger partial charge >= 0.3 is 15.6 Å². The third-order valence-corrected chi connectivity index (χ3v) is 5.85. The molecule has 1 aromatic rings. The highest BCUT2D eigenvalue weighted by Crippen LogP contribution is 2.44. The molecule has 160 valence electrons. The maximum atomic E-state index is 14.4. The van der Waals surface area contributed by atoms with Crippen LogP contribution in [0.5, 0.6) is 5.75 Å². The molecule has 0 aromatic heterocycles. The first kappa shape index (κ1) is 21.5. The van der Waals surface area contributed by atoms with Gasteiger partial charge < -0.3 is 13.7 Å². The van der Waals surface area contributed by atoms with Crippen LogP contribution in [0.1, 0.15) is 25.3 Å². The van der Waals surface area contributed by atoms with Gasteiger partial charge in [-0.2, -0.15) is 21.6 Å². The molecule has 1 aliphatic heterocycles. The van der Waals surface area contributed by atoms with E-state index in [-0.39, 0.29) is 43.5 Å². The molecule has 0 unspecified atom stereocenters. The number of carbonyl (C=O) groups is 1. The Balaban J connectivity index is 1.85. The van der Waals surface area contributed by atoms with Crippen molar-refractivity contribution < 1.29 is 48.8 Å². The van der Waals surface area contributed by atoms with Crippen molar-refractivity contribution in [1.82, 2.24) is 0 Å². The van der Waals surface area contributed by atoms with E-state index in [4.69, 9.17) is 9.47 Å². The quantitative estimate of drug-likeness (QED) is 0.395. The first-order valence-electron chi connectivity index (χ1n) is 8.36. The normalized spacial score (nSPS) is 23.2. The number of fused-ring (bicyclic) bond motifs is 1. The third-order valence-electron chi connectivity index (χ3n) is 4.89. The first-order valence-corrected chi connectivity index (χ1v) is 9.77. The smallest absolute Gasteiger partial charge is 0.469 e. The highest BCUT2D eigenvalue weighted by atomic mass is 32.2. The number of ketones is 1. The minimum atomic E-state index is -6.14. The lowest BCUT2D eigenvalue weighted by Gasteiger charge is -2.35. The molecule has 0 amide bonds. The van der Waals surface area contributed by atoms with Crippen LogP contribution in [0.4, 0.5) is 22.0 Å². The highest BCUT2D eigenvalue weighted by Gasteiger charge is 2.50. The number of carbonyl (C=O) groups excluding carboxylic acids is 1. The molecule has 0 saturated carbocycles. The largest absolute Gasteiger partial charge is 0.534 e. The lowest BCUT2D eigenvalue weighted by Crippen LogP contribution is -2.41. The Morgan fingerprint density at radius 3 is 2.59 bits per heavy atom. The standard InChI is InChI=1S/C17H15F5O6S/c1-9(16-3-2-11(23)6-15(16)26-8-27-16)4-10-5-13(19)14(7-12(10)18)28-29(24,25)17(20,21)22/h5-7,9H,2-4,8H2,1H3/t9-,16+/m0/s1. The lowest BCUT2D eigenvalue weighted by atomic mass is 9.76. The zero-order valence-electron chi connectivity index (χ0n) is 14.9. The van der Waals surface area contributed by atoms with E-state index in [2.05, 4.69) is 4.18 Å². The summed E-state index contributed by atoms with van der Waals surface area (Å²) in [6.07, 6.45) is 1.62. The second-order valence-electron chi connectivity index (χ2n) is 6.73. The molecular formula is C17H15F5O6S. The molecule has 1 heterocycles. The molecule has 0 N–H and O–H groups in total. The zero-order valence-corrected chi connectivity index (χ0v) is 15.7. The van der Waals surface area contributed by atoms with Gasteiger partial charge in [-0.1, -0.05) is 6.92 Å². The molecule has 2 atom stereocenters. The van der Waals surface area contributed by atoms with Crippen LogP contribution < -0.4 is 4.18 Å². The van der Waals surface area contributed by atoms with Crippen LogP contribution in [-0.2, 0) is 30.8 Å². The van der Waals surface area contributed by atoms with Crippen molar-refractivity contribution in [3.8, 4) is 5.75 Å². The number of hydrogen-bond acceptors (Lipinski definition) is 6. The summed E-state index contributed by atoms with van der Waals surface area (Å²) in [7, 11) is -6.14. The monoisotopic (exact) mass is 442 g/mol. The topological polar surface area (TPSA) is 78.9 Å². The van der Waals surface area contributed by atoms with E-state index < -0.39 is 44.5 Å². The van der Waals surface area contributed by atoms with E-state index in [1.54, 1.807) is 6.92 Å². The number of benzene rings is 1. The average Bonchev–Trinajstić information content (AvgIpc) is 3.02. The number of allylic oxidation sites excluding steroid dienone is 1. The van der Waals surface area contributed by atoms with Gasteiger partial charge in [0.2, 0.25) is 0 Å². The average molecular weight is 442 g/mol. The molecule has 2 aliphatic rings. The van der Waals surface area contributed by atoms with Gasteiger partial charge in [-0.25, -0.2) is 8.78 Å². The van der Waals surface area contributed by atoms with Crippen LogP contribution in [0.3, 0.4) is 0 Å². The SMILES string of the molecule is C[C@@H](Cc1cc(F)c(OS(=O)(=O)C(F)(F)F)cc1F)[C@]12CCC(=O)C=C1OCO2. The fourth-order valence-corrected chi connectivity index (χ4v) is 3.82. The molecule has 1 fully saturated rings. The summed E-state index contributed by atoms with van der Waals surface area (Å²) in [6, 6.07) is 0.808. The van der Waals surface area contributed by atoms with Crippen molar-refractivity contribution in [1.29, 1.82) is 0 Å². The van der Waals surface area contributed by atoms with E-state index in [1.165, 1.54) is 6.08 Å². The van der Waals surface area contributed by atoms with Crippen molar-refractivity contribution in [3.05, 3.63) is 41.2 Å². The Labute approximate surface area is 162 Å². The maximum absolute atomic E-state index is 14.4. The molecule has 6 nitrogen and oxygen atoms in total. The number of ether oxygens (including phenoxy) is 2. The van der Waals surface area contributed by atoms with Gasteiger partial charge in [-0.3, -0.25) is 4.79 Å². The van der Waals surface area contributed by atoms with Crippen molar-refractivity contribution in [2.75, 3.05) is 6.79 Å². The Bertz CT molecular complexity index is 971. The predicted octanol–water partition coefficient (Wildman–Crippen LogP) is 3.36. The van der Waals surface area contributed by atoms with Crippen LogP contribution in [0.15, 0.2) is 24.0 Å². The van der Waals surface area contributed by atoms with E-state index in [0.717, 1.165) is 0 Å². The summed E-state index contributed by atoms with van der Waals surface area (Å²) in [4.78, 5) is 11.6. The Hall–Kier alpha value is -2.21. The van der Waals surface area contributed by atoms with Crippen LogP contribution in [0, 0.1) is 17.6 Å². The molecule has 1 aliphatic carbocycles. The molecule has 29 heavy (non-hydrogen) atoms. The summed E-state index contributed by atoms with van der Waals surface area (Å²) >= 11 is 0. The number of halogens is 5. The van der Waals surface area contributed by atoms with E-state index in [0.29, 0.717) is 11.8 Å². The molecule has 0 spiro atoms. The van der Waals surface area contributed by atoms with Gasteiger partial charge in [-0.15, -0.1) is 0 Å². The molecule has 3 rings (SSSR count). The summed E-state index contributed by atoms with van der Waals surface area (Å²) in [6.45, 7) is 1.55. The van der Waals surface area contributed by atoms with Crippen molar-refractivity contribution in [2.24, 2.45) is 5.92 Å². The number of rotatable bonds is 5. The molecular weight excluding hydrogens is 427 g/mol. The highest BCUT2D eigenvalue weighted by molar-refractivity contribution is 7.88. The first-order chi connectivity index (χ1) is 13.4. The van der Waals surface area contributed by atoms with Gasteiger partial charge in [0, 0.05) is 18.6 Å². The lowest BCUT2D eigenvalue weighted by molar-refractivity contribution is -0.117. The molecule has 1 saturated heterocycles. The predicted molar refractivity (Wildman–Crippen MR) is 86.9 cm³/mol. The summed E-state index contributed by atoms with van der Waals surface area (Å²) < 4.78 is 102. The van der Waals surface area contributed by atoms with E-state index in [9.17, 15) is 35.2 Å². The maximum Gasteiger partial charge on any atom is 0.534 e. The fourth-order valence-electron chi connectivity index (χ4n) is 3.36. The minimum Gasteiger partial charge on any atom is -0.469 e. The van der Waals surface area contributed by atoms with Crippen molar-refractivity contribution >= 4 is 15.9 Å². The molecule has 0 bridgehead atoms. The molecule has 12 heteroatoms. The van der Waals surface area contributed by atoms with Gasteiger partial charge in [0.15, 0.2) is 24.1 Å². The number of hydrogen-bond donors (Lipinski definition) is 0. The van der Waals surface area contributed by atoms with Crippen molar-refractivity contribution in [3.63, 3.8) is 0 Å². The minimum absolute atomic E-state index is 0.109. The van der Waals surface area contributed by atoms with Gasteiger partial charge in [-0.05, 0) is 30.4 Å². The van der Waals surface area contributed by atoms with E-state index >= 15 is 0 Å². The second kappa shape index (κ2) is 7.24.